The maximum atomic E-state index is 13.0. The van der Waals surface area contributed by atoms with Gasteiger partial charge in [0.25, 0.3) is 11.8 Å². The lowest BCUT2D eigenvalue weighted by Crippen LogP contribution is -2.30. The van der Waals surface area contributed by atoms with Gasteiger partial charge in [0.2, 0.25) is 0 Å². The van der Waals surface area contributed by atoms with Gasteiger partial charge in [-0.15, -0.1) is 0 Å². The number of anilines is 2. The second-order valence-electron chi connectivity index (χ2n) is 10.1. The Bertz CT molecular complexity index is 1560. The van der Waals surface area contributed by atoms with Gasteiger partial charge in [0.15, 0.2) is 0 Å². The number of likely N-dealkylation sites (tertiary alicyclic amines) is 1. The van der Waals surface area contributed by atoms with Crippen LogP contribution in [0.2, 0.25) is 0 Å². The van der Waals surface area contributed by atoms with Crippen molar-refractivity contribution in [2.24, 2.45) is 18.9 Å². The summed E-state index contributed by atoms with van der Waals surface area (Å²) in [6, 6.07) is 15.3. The third-order valence-electron chi connectivity index (χ3n) is 7.49. The number of carbonyl (C=O) groups is 2. The second-order valence-corrected chi connectivity index (χ2v) is 10.1. The van der Waals surface area contributed by atoms with Crippen LogP contribution in [0.25, 0.3) is 33.4 Å². The van der Waals surface area contributed by atoms with E-state index >= 15 is 0 Å². The third kappa shape index (κ3) is 3.94. The molecule has 2 aromatic heterocycles. The van der Waals surface area contributed by atoms with Gasteiger partial charge >= 0.3 is 0 Å². The van der Waals surface area contributed by atoms with E-state index in [1.807, 2.05) is 65.0 Å². The first-order valence-corrected chi connectivity index (χ1v) is 12.4. The Kier molecular flexibility index (Phi) is 5.33. The molecule has 8 nitrogen and oxygen atoms in total. The van der Waals surface area contributed by atoms with Crippen molar-refractivity contribution in [3.05, 3.63) is 72.6 Å². The average molecular weight is 493 g/mol. The summed E-state index contributed by atoms with van der Waals surface area (Å²) in [6.07, 6.45) is 2.72. The van der Waals surface area contributed by atoms with Crippen molar-refractivity contribution in [1.29, 1.82) is 0 Å². The van der Waals surface area contributed by atoms with Crippen molar-refractivity contribution in [3.8, 4) is 22.4 Å². The molecule has 3 N–H and O–H groups in total. The van der Waals surface area contributed by atoms with E-state index in [1.165, 1.54) is 12.7 Å². The van der Waals surface area contributed by atoms with Crippen LogP contribution in [0.4, 0.5) is 11.5 Å². The van der Waals surface area contributed by atoms with E-state index in [-0.39, 0.29) is 11.8 Å². The van der Waals surface area contributed by atoms with Gasteiger partial charge in [-0.25, -0.2) is 9.97 Å². The molecule has 2 aromatic carbocycles. The highest BCUT2D eigenvalue weighted by atomic mass is 16.2. The number of nitrogens with one attached hydrogen (secondary N) is 1. The first-order valence-electron chi connectivity index (χ1n) is 12.4. The Hall–Kier alpha value is -4.46. The van der Waals surface area contributed by atoms with Crippen molar-refractivity contribution < 1.29 is 9.59 Å². The number of nitrogen functional groups attached to an aromatic ring is 1. The van der Waals surface area contributed by atoms with Crippen LogP contribution < -0.4 is 11.1 Å². The van der Waals surface area contributed by atoms with E-state index in [4.69, 9.17) is 5.73 Å². The van der Waals surface area contributed by atoms with Crippen LogP contribution in [0.5, 0.6) is 0 Å². The Morgan fingerprint density at radius 1 is 1.00 bits per heavy atom. The van der Waals surface area contributed by atoms with Gasteiger partial charge in [-0.2, -0.15) is 0 Å². The number of fused-ring (bicyclic) bond motifs is 2. The minimum absolute atomic E-state index is 0.0899. The molecule has 0 spiro atoms. The minimum atomic E-state index is -0.221. The predicted octanol–water partition coefficient (Wildman–Crippen LogP) is 4.49. The molecule has 2 atom stereocenters. The van der Waals surface area contributed by atoms with Gasteiger partial charge in [0.1, 0.15) is 17.8 Å². The molecule has 1 saturated heterocycles. The topological polar surface area (TPSA) is 106 Å². The zero-order valence-corrected chi connectivity index (χ0v) is 20.9. The van der Waals surface area contributed by atoms with Gasteiger partial charge in [0.05, 0.1) is 11.1 Å². The summed E-state index contributed by atoms with van der Waals surface area (Å²) in [5.74, 6) is 1.66. The molecule has 2 aliphatic rings. The maximum absolute atomic E-state index is 13.0. The molecule has 37 heavy (non-hydrogen) atoms. The highest BCUT2D eigenvalue weighted by molar-refractivity contribution is 6.08. The van der Waals surface area contributed by atoms with Crippen LogP contribution in [0, 0.1) is 11.8 Å². The molecule has 6 rings (SSSR count). The van der Waals surface area contributed by atoms with Crippen molar-refractivity contribution >= 4 is 34.4 Å². The van der Waals surface area contributed by atoms with E-state index in [1.54, 1.807) is 6.92 Å². The van der Waals surface area contributed by atoms with E-state index in [9.17, 15) is 9.59 Å². The molecule has 8 heteroatoms. The standard InChI is InChI=1S/C29H28N6O2/c1-16(2)28(36)33-22-10-8-18(9-11-22)25-23(24-26(30)31-15-32-27(24)34(25)3)17-4-6-19(7-5-17)29(37)35-13-20-12-21(20)14-35/h4-11,15,20-21H,1,12-14H2,2-3H3,(H,33,36)(H2,30,31,32). The largest absolute Gasteiger partial charge is 0.383 e. The number of hydrogen-bond donors (Lipinski definition) is 2. The van der Waals surface area contributed by atoms with Crippen LogP contribution in [0.15, 0.2) is 67.0 Å². The number of amides is 2. The zero-order chi connectivity index (χ0) is 25.8. The molecule has 2 fully saturated rings. The van der Waals surface area contributed by atoms with Crippen molar-refractivity contribution in [2.75, 3.05) is 24.1 Å². The lowest BCUT2D eigenvalue weighted by atomic mass is 9.97. The quantitative estimate of drug-likeness (QED) is 0.399. The highest BCUT2D eigenvalue weighted by Gasteiger charge is 2.46. The number of hydrogen-bond acceptors (Lipinski definition) is 5. The molecule has 1 aliphatic carbocycles. The smallest absolute Gasteiger partial charge is 0.253 e. The lowest BCUT2D eigenvalue weighted by molar-refractivity contribution is -0.112. The van der Waals surface area contributed by atoms with Crippen LogP contribution in [-0.2, 0) is 11.8 Å². The summed E-state index contributed by atoms with van der Waals surface area (Å²) in [5, 5.41) is 3.60. The molecule has 2 amide bonds. The van der Waals surface area contributed by atoms with Crippen molar-refractivity contribution in [3.63, 3.8) is 0 Å². The molecule has 1 aliphatic heterocycles. The van der Waals surface area contributed by atoms with Crippen molar-refractivity contribution in [1.82, 2.24) is 19.4 Å². The van der Waals surface area contributed by atoms with Gasteiger partial charge in [-0.3, -0.25) is 9.59 Å². The molecule has 0 radical (unpaired) electrons. The Labute approximate surface area is 214 Å². The monoisotopic (exact) mass is 492 g/mol. The summed E-state index contributed by atoms with van der Waals surface area (Å²) in [6.45, 7) is 7.10. The first kappa shape index (κ1) is 23.0. The van der Waals surface area contributed by atoms with E-state index in [0.717, 1.165) is 40.9 Å². The molecular weight excluding hydrogens is 464 g/mol. The Morgan fingerprint density at radius 3 is 2.30 bits per heavy atom. The van der Waals surface area contributed by atoms with Crippen LogP contribution in [0.3, 0.4) is 0 Å². The molecule has 3 heterocycles. The van der Waals surface area contributed by atoms with Gasteiger partial charge in [-0.1, -0.05) is 30.8 Å². The SMILES string of the molecule is C=C(C)C(=O)Nc1ccc(-c2c(-c3ccc(C(=O)N4CC5CC5C4)cc3)c3c(N)ncnc3n2C)cc1. The third-order valence-corrected chi connectivity index (χ3v) is 7.49. The van der Waals surface area contributed by atoms with Gasteiger partial charge in [0, 0.05) is 42.5 Å². The molecular formula is C29H28N6O2. The van der Waals surface area contributed by atoms with Gasteiger partial charge < -0.3 is 20.5 Å². The number of carbonyl (C=O) groups excluding carboxylic acids is 2. The summed E-state index contributed by atoms with van der Waals surface area (Å²) in [4.78, 5) is 35.8. The predicted molar refractivity (Wildman–Crippen MR) is 145 cm³/mol. The number of nitrogens with zero attached hydrogens (tertiary/aromatic N) is 4. The second kappa shape index (κ2) is 8.58. The molecule has 1 saturated carbocycles. The van der Waals surface area contributed by atoms with E-state index in [0.29, 0.717) is 40.1 Å². The number of piperidine rings is 1. The highest BCUT2D eigenvalue weighted by Crippen LogP contribution is 2.45. The fourth-order valence-corrected chi connectivity index (χ4v) is 5.37. The fourth-order valence-electron chi connectivity index (χ4n) is 5.37. The molecule has 0 bridgehead atoms. The van der Waals surface area contributed by atoms with Gasteiger partial charge in [-0.05, 0) is 60.6 Å². The van der Waals surface area contributed by atoms with Crippen LogP contribution in [-0.4, -0.2) is 44.3 Å². The summed E-state index contributed by atoms with van der Waals surface area (Å²) in [7, 11) is 1.95. The molecule has 2 unspecified atom stereocenters. The average Bonchev–Trinajstić information content (AvgIpc) is 3.38. The number of aromatic nitrogens is 3. The summed E-state index contributed by atoms with van der Waals surface area (Å²) < 4.78 is 2.00. The normalized spacial score (nSPS) is 18.1. The van der Waals surface area contributed by atoms with Crippen LogP contribution >= 0.6 is 0 Å². The minimum Gasteiger partial charge on any atom is -0.383 e. The van der Waals surface area contributed by atoms with E-state index in [2.05, 4.69) is 21.9 Å². The van der Waals surface area contributed by atoms with Crippen LogP contribution in [0.1, 0.15) is 23.7 Å². The molecule has 186 valence electrons. The number of nitrogens with two attached hydrogens (primary N) is 1. The van der Waals surface area contributed by atoms with E-state index < -0.39 is 0 Å². The number of aryl methyl sites for hydroxylation is 1. The first-order chi connectivity index (χ1) is 17.8. The number of rotatable bonds is 5. The molecule has 4 aromatic rings. The summed E-state index contributed by atoms with van der Waals surface area (Å²) >= 11 is 0. The number of benzene rings is 2. The van der Waals surface area contributed by atoms with Crippen molar-refractivity contribution in [2.45, 2.75) is 13.3 Å². The zero-order valence-electron chi connectivity index (χ0n) is 20.9. The lowest BCUT2D eigenvalue weighted by Gasteiger charge is -2.18. The summed E-state index contributed by atoms with van der Waals surface area (Å²) in [5.41, 5.74) is 12.5. The fraction of sp³-hybridized carbons (Fsp3) is 0.241. The Balaban J connectivity index is 1.40. The maximum Gasteiger partial charge on any atom is 0.253 e. The Morgan fingerprint density at radius 2 is 1.65 bits per heavy atom.